The van der Waals surface area contributed by atoms with Crippen molar-refractivity contribution < 1.29 is 18.7 Å². The van der Waals surface area contributed by atoms with Gasteiger partial charge in [0.2, 0.25) is 0 Å². The van der Waals surface area contributed by atoms with Crippen LogP contribution in [0.25, 0.3) is 22.2 Å². The minimum atomic E-state index is -0.519. The Labute approximate surface area is 200 Å². The number of ether oxygens (including phenoxy) is 1. The summed E-state index contributed by atoms with van der Waals surface area (Å²) in [5.74, 6) is -0.684. The normalized spacial score (nSPS) is 13.0. The van der Waals surface area contributed by atoms with Crippen LogP contribution in [-0.2, 0) is 17.6 Å². The van der Waals surface area contributed by atoms with E-state index in [1.807, 2.05) is 58.9 Å². The predicted molar refractivity (Wildman–Crippen MR) is 134 cm³/mol. The first-order chi connectivity index (χ1) is 16.1. The molecule has 2 aromatic carbocycles. The molecule has 7 heteroatoms. The second kappa shape index (κ2) is 10.3. The Balaban J connectivity index is 0.00000158. The van der Waals surface area contributed by atoms with Crippen LogP contribution in [0.4, 0.5) is 9.18 Å². The van der Waals surface area contributed by atoms with Gasteiger partial charge in [0.1, 0.15) is 11.4 Å². The summed E-state index contributed by atoms with van der Waals surface area (Å²) in [6.07, 6.45) is 1.03. The smallest absolute Gasteiger partial charge is 0.410 e. The van der Waals surface area contributed by atoms with E-state index in [2.05, 4.69) is 10.3 Å². The van der Waals surface area contributed by atoms with Gasteiger partial charge in [0.05, 0.1) is 5.56 Å². The molecule has 0 spiro atoms. The summed E-state index contributed by atoms with van der Waals surface area (Å²) in [6.45, 7) is 10.6. The molecule has 0 saturated heterocycles. The van der Waals surface area contributed by atoms with Crippen molar-refractivity contribution in [3.05, 3.63) is 58.9 Å². The van der Waals surface area contributed by atoms with E-state index in [1.54, 1.807) is 11.9 Å². The molecule has 6 nitrogen and oxygen atoms in total. The van der Waals surface area contributed by atoms with Crippen molar-refractivity contribution in [3.63, 3.8) is 0 Å². The summed E-state index contributed by atoms with van der Waals surface area (Å²) < 4.78 is 19.5. The molecule has 2 N–H and O–H groups in total. The van der Waals surface area contributed by atoms with Crippen LogP contribution in [0.5, 0.6) is 0 Å². The van der Waals surface area contributed by atoms with E-state index < -0.39 is 11.4 Å². The number of aromatic amines is 1. The number of H-pyrrole nitrogens is 1. The number of rotatable bonds is 4. The molecule has 2 heterocycles. The first-order valence-electron chi connectivity index (χ1n) is 11.8. The summed E-state index contributed by atoms with van der Waals surface area (Å²) in [4.78, 5) is 29.4. The summed E-state index contributed by atoms with van der Waals surface area (Å²) >= 11 is 0. The average molecular weight is 468 g/mol. The van der Waals surface area contributed by atoms with Gasteiger partial charge in [0.15, 0.2) is 0 Å². The maximum Gasteiger partial charge on any atom is 0.410 e. The fraction of sp³-hybridized carbons (Fsp3) is 0.407. The standard InChI is InChI=1S/C25H28FN3O3.C2H6/c1-25(2,3)32-24(31)29(4)12-10-15-5-7-16(8-6-15)22-18-9-11-27-23(30)19-13-17(26)14-20(28-22)21(18)19;1-2/h5-8,13-14,28H,9-12H2,1-4H3,(H,27,30);1-2H3. The number of benzene rings is 2. The Hall–Kier alpha value is -3.35. The minimum Gasteiger partial charge on any atom is -0.444 e. The van der Waals surface area contributed by atoms with E-state index >= 15 is 0 Å². The van der Waals surface area contributed by atoms with Gasteiger partial charge in [-0.3, -0.25) is 4.79 Å². The number of aromatic nitrogens is 1. The van der Waals surface area contributed by atoms with E-state index in [0.717, 1.165) is 27.8 Å². The highest BCUT2D eigenvalue weighted by Crippen LogP contribution is 2.34. The van der Waals surface area contributed by atoms with Crippen molar-refractivity contribution in [1.29, 1.82) is 0 Å². The lowest BCUT2D eigenvalue weighted by atomic mass is 9.99. The van der Waals surface area contributed by atoms with Crippen molar-refractivity contribution in [2.45, 2.75) is 53.1 Å². The van der Waals surface area contributed by atoms with Crippen molar-refractivity contribution >= 4 is 22.9 Å². The zero-order valence-corrected chi connectivity index (χ0v) is 20.8. The monoisotopic (exact) mass is 467 g/mol. The first-order valence-corrected chi connectivity index (χ1v) is 11.8. The molecule has 0 saturated carbocycles. The van der Waals surface area contributed by atoms with Crippen LogP contribution < -0.4 is 5.32 Å². The number of carbonyl (C=O) groups excluding carboxylic acids is 2. The molecular formula is C27H34FN3O3. The van der Waals surface area contributed by atoms with Crippen molar-refractivity contribution in [2.75, 3.05) is 20.1 Å². The molecule has 0 unspecified atom stereocenters. The van der Waals surface area contributed by atoms with Gasteiger partial charge in [-0.1, -0.05) is 38.1 Å². The molecule has 0 radical (unpaired) electrons. The van der Waals surface area contributed by atoms with Crippen LogP contribution in [-0.4, -0.2) is 47.6 Å². The number of halogens is 1. The van der Waals surface area contributed by atoms with Gasteiger partial charge in [-0.05, 0) is 62.4 Å². The van der Waals surface area contributed by atoms with Gasteiger partial charge >= 0.3 is 6.09 Å². The Morgan fingerprint density at radius 3 is 2.47 bits per heavy atom. The number of nitrogens with zero attached hydrogens (tertiary/aromatic N) is 1. The Kier molecular flexibility index (Phi) is 7.64. The summed E-state index contributed by atoms with van der Waals surface area (Å²) in [5.41, 5.74) is 4.47. The third-order valence-electron chi connectivity index (χ3n) is 5.56. The van der Waals surface area contributed by atoms with Crippen molar-refractivity contribution in [2.24, 2.45) is 0 Å². The summed E-state index contributed by atoms with van der Waals surface area (Å²) in [5, 5.41) is 3.63. The Morgan fingerprint density at radius 2 is 1.82 bits per heavy atom. The molecule has 182 valence electrons. The molecular weight excluding hydrogens is 433 g/mol. The molecule has 34 heavy (non-hydrogen) atoms. The highest BCUT2D eigenvalue weighted by molar-refractivity contribution is 6.10. The van der Waals surface area contributed by atoms with E-state index in [9.17, 15) is 14.0 Å². The quantitative estimate of drug-likeness (QED) is 0.517. The van der Waals surface area contributed by atoms with Crippen LogP contribution in [0.1, 0.15) is 56.1 Å². The third kappa shape index (κ3) is 5.58. The number of amides is 2. The molecule has 4 rings (SSSR count). The molecule has 1 aromatic heterocycles. The van der Waals surface area contributed by atoms with Gasteiger partial charge in [-0.2, -0.15) is 0 Å². The molecule has 3 aromatic rings. The van der Waals surface area contributed by atoms with Crippen LogP contribution in [0.3, 0.4) is 0 Å². The van der Waals surface area contributed by atoms with Crippen LogP contribution >= 0.6 is 0 Å². The number of nitrogens with one attached hydrogen (secondary N) is 2. The van der Waals surface area contributed by atoms with Crippen LogP contribution in [0.15, 0.2) is 36.4 Å². The zero-order valence-electron chi connectivity index (χ0n) is 20.8. The number of carbonyl (C=O) groups is 2. The number of likely N-dealkylation sites (N-methyl/N-ethyl adjacent to an activating group) is 1. The highest BCUT2D eigenvalue weighted by Gasteiger charge is 2.23. The Bertz CT molecular complexity index is 1180. The number of hydrogen-bond donors (Lipinski definition) is 2. The molecule has 1 aliphatic heterocycles. The zero-order chi connectivity index (χ0) is 25.0. The largest absolute Gasteiger partial charge is 0.444 e. The van der Waals surface area contributed by atoms with Crippen molar-refractivity contribution in [3.8, 4) is 11.3 Å². The van der Waals surface area contributed by atoms with Crippen LogP contribution in [0.2, 0.25) is 0 Å². The van der Waals surface area contributed by atoms with E-state index in [1.165, 1.54) is 12.1 Å². The Morgan fingerprint density at radius 1 is 1.15 bits per heavy atom. The second-order valence-corrected chi connectivity index (χ2v) is 9.21. The molecule has 0 bridgehead atoms. The fourth-order valence-electron chi connectivity index (χ4n) is 4.00. The predicted octanol–water partition coefficient (Wildman–Crippen LogP) is 5.70. The van der Waals surface area contributed by atoms with Gasteiger partial charge in [-0.15, -0.1) is 0 Å². The maximum absolute atomic E-state index is 14.1. The second-order valence-electron chi connectivity index (χ2n) is 9.21. The number of hydrogen-bond acceptors (Lipinski definition) is 3. The van der Waals surface area contributed by atoms with Gasteiger partial charge in [0, 0.05) is 36.7 Å². The SMILES string of the molecule is CC.CN(CCc1ccc(-c2[nH]c3cc(F)cc4c3c2CCNC4=O)cc1)C(=O)OC(C)(C)C. The third-order valence-corrected chi connectivity index (χ3v) is 5.56. The average Bonchev–Trinajstić information content (AvgIpc) is 3.06. The first kappa shape index (κ1) is 25.3. The molecule has 1 aliphatic rings. The topological polar surface area (TPSA) is 74.4 Å². The lowest BCUT2D eigenvalue weighted by molar-refractivity contribution is 0.0300. The van der Waals surface area contributed by atoms with Gasteiger partial charge in [-0.25, -0.2) is 9.18 Å². The molecule has 0 atom stereocenters. The van der Waals surface area contributed by atoms with Crippen LogP contribution in [0, 0.1) is 5.82 Å². The van der Waals surface area contributed by atoms with E-state index in [4.69, 9.17) is 4.74 Å². The highest BCUT2D eigenvalue weighted by atomic mass is 19.1. The van der Waals surface area contributed by atoms with E-state index in [0.29, 0.717) is 37.0 Å². The summed E-state index contributed by atoms with van der Waals surface area (Å²) in [7, 11) is 1.73. The lowest BCUT2D eigenvalue weighted by Crippen LogP contribution is -2.35. The van der Waals surface area contributed by atoms with Gasteiger partial charge in [0.25, 0.3) is 5.91 Å². The lowest BCUT2D eigenvalue weighted by Gasteiger charge is -2.24. The minimum absolute atomic E-state index is 0.247. The fourth-order valence-corrected chi connectivity index (χ4v) is 4.00. The van der Waals surface area contributed by atoms with Crippen molar-refractivity contribution in [1.82, 2.24) is 15.2 Å². The van der Waals surface area contributed by atoms with Gasteiger partial charge < -0.3 is 19.9 Å². The molecule has 0 aliphatic carbocycles. The molecule has 0 fully saturated rings. The van der Waals surface area contributed by atoms with E-state index in [-0.39, 0.29) is 12.0 Å². The molecule has 2 amide bonds. The maximum atomic E-state index is 14.1. The summed E-state index contributed by atoms with van der Waals surface area (Å²) in [6, 6.07) is 10.8.